The highest BCUT2D eigenvalue weighted by atomic mass is 31.2. The molecule has 2 aliphatic rings. The van der Waals surface area contributed by atoms with Crippen molar-refractivity contribution in [3.05, 3.63) is 252 Å². The van der Waals surface area contributed by atoms with Crippen LogP contribution in [-0.4, -0.2) is 243 Å². The fraction of sp³-hybridized carbons (Fsp3) is 0.310. The molecule has 5 atom stereocenters. The lowest BCUT2D eigenvalue weighted by molar-refractivity contribution is 0.0635. The molecule has 10 aromatic rings. The number of phenolic OH excluding ortho intramolecular Hbond substituents is 1. The number of aromatic amines is 2. The van der Waals surface area contributed by atoms with Crippen molar-refractivity contribution in [3.63, 3.8) is 0 Å². The summed E-state index contributed by atoms with van der Waals surface area (Å²) in [7, 11) is 14.0. The molecule has 3 aromatic heterocycles. The normalized spacial score (nSPS) is 13.7. The summed E-state index contributed by atoms with van der Waals surface area (Å²) in [6.45, 7) is 7.90. The summed E-state index contributed by atoms with van der Waals surface area (Å²) < 4.78 is 80.1. The molecule has 0 bridgehead atoms. The Bertz CT molecular complexity index is 5110. The molecule has 0 saturated heterocycles. The van der Waals surface area contributed by atoms with E-state index in [1.807, 2.05) is 159 Å². The van der Waals surface area contributed by atoms with E-state index < -0.39 is 55.5 Å². The topological polar surface area (TPSA) is 388 Å². The largest absolute Gasteiger partial charge is 0.507 e. The molecule has 0 saturated carbocycles. The maximum absolute atomic E-state index is 14.4. The van der Waals surface area contributed by atoms with Gasteiger partial charge in [-0.05, 0) is 169 Å². The van der Waals surface area contributed by atoms with Crippen LogP contribution < -0.4 is 15.2 Å². The number of phenols is 1. The number of hydrogen-bond donors (Lipinski definition) is 6. The van der Waals surface area contributed by atoms with Crippen molar-refractivity contribution in [3.8, 4) is 34.3 Å². The molecule has 34 nitrogen and oxygen atoms in total. The van der Waals surface area contributed by atoms with Crippen molar-refractivity contribution in [1.82, 2.24) is 84.2 Å². The van der Waals surface area contributed by atoms with Gasteiger partial charge >= 0.3 is 27.4 Å². The summed E-state index contributed by atoms with van der Waals surface area (Å²) in [6, 6.07) is 49.3. The molecule has 6 N–H and O–H groups in total. The number of fused-ring (bicyclic) bond motifs is 3. The Kier molecular flexibility index (Phi) is 38.4. The Balaban J connectivity index is 0.000000232. The number of imidazole rings is 2. The standard InChI is InChI=1S/C33H33N4O7P.C24H31N3O7P2.C11H10N2O.C6H18N3OP.C6H5N3O.C4H12N2/c1-3-23-16-17-28(27(21-23)30-34-18-19-35-30)44-45(41,42-2)29(36-33(40)43-22-24-11-5-4-6-12-24)15-9-10-20-37-31(38)25-13-7-8-14-26(25)32(37)39;1-26(2)35-34-36(31,32-3)21(25-24(30)33-17-18-11-5-4-6-12-18)15-9-10-16-27-22(28)19-13-7-8-14-20(19)23(27)29;1-2-8-3-4-10(14)9(7-8)11-12-5-6-13-11;1-7(2)11(10,8(3)4)9(5)6;10-9-6-4-2-1-3-5(6)7-8-9;1-5(2)6(3)4/h3-8,11-14,16-19,21,29H,1,9-10,15,20,22H2,2H3,(H,34,35)(H,36,40);4-8,11-14,21,35H,9-10,15-17H2,1-3H3,(H,25,30);2-7,14H,1H2,(H,12,13);1-6H3;1-4,10H;1-4H3/p+1. The number of carbonyl (C=O) groups is 6. The number of alkyl carbamates (subject to hydrolysis) is 2. The van der Waals surface area contributed by atoms with E-state index in [0.29, 0.717) is 81.7 Å². The van der Waals surface area contributed by atoms with Gasteiger partial charge in [0.05, 0.1) is 33.4 Å². The van der Waals surface area contributed by atoms with Crippen molar-refractivity contribution in [1.29, 1.82) is 0 Å². The first-order valence-corrected chi connectivity index (χ1v) is 44.2. The second-order valence-electron chi connectivity index (χ2n) is 28.3. The van der Waals surface area contributed by atoms with E-state index in [1.54, 1.807) is 161 Å². The first kappa shape index (κ1) is 97.9. The minimum Gasteiger partial charge on any atom is -0.507 e. The van der Waals surface area contributed by atoms with Crippen LogP contribution in [0.25, 0.3) is 46.0 Å². The highest BCUT2D eigenvalue weighted by Crippen LogP contribution is 2.58. The number of aromatic hydroxyl groups is 1. The fourth-order valence-corrected chi connectivity index (χ4v) is 18.9. The summed E-state index contributed by atoms with van der Waals surface area (Å²) in [6.07, 6.45) is 10.5. The van der Waals surface area contributed by atoms with Crippen molar-refractivity contribution in [2.24, 2.45) is 0 Å². The van der Waals surface area contributed by atoms with Gasteiger partial charge in [0.25, 0.3) is 31.2 Å². The summed E-state index contributed by atoms with van der Waals surface area (Å²) in [4.78, 5) is 93.7. The van der Waals surface area contributed by atoms with Gasteiger partial charge in [0.2, 0.25) is 8.96 Å². The molecule has 0 fully saturated rings. The third-order valence-electron chi connectivity index (χ3n) is 18.6. The van der Waals surface area contributed by atoms with Gasteiger partial charge in [-0.3, -0.25) is 38.1 Å². The first-order chi connectivity index (χ1) is 58.2. The number of H-pyrrole nitrogens is 2. The molecule has 0 spiro atoms. The van der Waals surface area contributed by atoms with E-state index in [0.717, 1.165) is 27.1 Å². The van der Waals surface area contributed by atoms with Gasteiger partial charge in [-0.1, -0.05) is 139 Å². The number of nitrogens with zero attached hydrogens (tertiary/aromatic N) is 13. The van der Waals surface area contributed by atoms with Crippen molar-refractivity contribution >= 4 is 90.7 Å². The van der Waals surface area contributed by atoms with Crippen molar-refractivity contribution in [2.45, 2.75) is 63.3 Å². The van der Waals surface area contributed by atoms with Gasteiger partial charge in [0.1, 0.15) is 59.0 Å². The molecule has 5 heterocycles. The molecule has 7 aromatic carbocycles. The minimum atomic E-state index is -4.10. The maximum Gasteiger partial charge on any atom is 0.408 e. The molecular weight excluding hydrogens is 1640 g/mol. The lowest BCUT2D eigenvalue weighted by Crippen LogP contribution is -2.37. The molecule has 12 rings (SSSR count). The van der Waals surface area contributed by atoms with E-state index >= 15 is 0 Å². The van der Waals surface area contributed by atoms with Crippen LogP contribution in [0, 0.1) is 0 Å². The lowest BCUT2D eigenvalue weighted by Gasteiger charge is -2.34. The van der Waals surface area contributed by atoms with E-state index in [9.17, 15) is 47.6 Å². The van der Waals surface area contributed by atoms with Crippen molar-refractivity contribution < 1.29 is 80.1 Å². The Labute approximate surface area is 713 Å². The van der Waals surface area contributed by atoms with E-state index in [2.05, 4.69) is 54.0 Å². The Morgan fingerprint density at radius 3 is 1.31 bits per heavy atom. The molecule has 6 amide bonds. The lowest BCUT2D eigenvalue weighted by atomic mass is 10.1. The van der Waals surface area contributed by atoms with Crippen LogP contribution in [-0.2, 0) is 49.7 Å². The second kappa shape index (κ2) is 47.9. The number of hydrogen-bond acceptors (Lipinski definition) is 24. The zero-order valence-corrected chi connectivity index (χ0v) is 74.9. The average molecular weight is 1750 g/mol. The quantitative estimate of drug-likeness (QED) is 0.00731. The predicted octanol–water partition coefficient (Wildman–Crippen LogP) is 14.9. The van der Waals surface area contributed by atoms with Gasteiger partial charge in [-0.15, -0.1) is 9.41 Å². The number of para-hydroxylation sites is 1. The highest BCUT2D eigenvalue weighted by molar-refractivity contribution is 7.60. The molecule has 38 heteroatoms. The van der Waals surface area contributed by atoms with E-state index in [4.69, 9.17) is 32.6 Å². The summed E-state index contributed by atoms with van der Waals surface area (Å²) in [5.74, 6) is -1.87. The van der Waals surface area contributed by atoms with Crippen LogP contribution in [0.3, 0.4) is 0 Å². The highest BCUT2D eigenvalue weighted by Gasteiger charge is 2.42. The number of nitrogens with one attached hydrogen (secondary N) is 4. The third-order valence-corrected chi connectivity index (χ3v) is 27.4. The second-order valence-corrected chi connectivity index (χ2v) is 38.1. The average Bonchev–Trinajstić information content (AvgIpc) is 1.67. The third kappa shape index (κ3) is 27.7. The summed E-state index contributed by atoms with van der Waals surface area (Å²) in [5, 5.41) is 35.0. The zero-order valence-electron chi connectivity index (χ0n) is 71.0. The number of carbonyl (C=O) groups excluding carboxylic acids is 6. The summed E-state index contributed by atoms with van der Waals surface area (Å²) >= 11 is 0. The summed E-state index contributed by atoms with van der Waals surface area (Å²) in [5.41, 5.74) is 7.40. The molecule has 0 radical (unpaired) electrons. The molecule has 122 heavy (non-hydrogen) atoms. The van der Waals surface area contributed by atoms with Gasteiger partial charge in [-0.25, -0.2) is 48.2 Å². The number of unbranched alkanes of at least 4 members (excludes halogenated alkanes) is 2. The molecule has 652 valence electrons. The number of aromatic nitrogens is 7. The number of hydrazine groups is 1. The van der Waals surface area contributed by atoms with Crippen LogP contribution >= 0.6 is 31.7 Å². The molecule has 0 aliphatic carbocycles. The zero-order chi connectivity index (χ0) is 89.3. The van der Waals surface area contributed by atoms with Gasteiger partial charge in [-0.2, -0.15) is 4.67 Å². The van der Waals surface area contributed by atoms with Crippen LogP contribution in [0.15, 0.2) is 208 Å². The van der Waals surface area contributed by atoms with Crippen LogP contribution in [0.5, 0.6) is 11.5 Å². The van der Waals surface area contributed by atoms with Crippen LogP contribution in [0.4, 0.5) is 9.59 Å². The number of rotatable bonds is 33. The van der Waals surface area contributed by atoms with E-state index in [1.165, 1.54) is 24.0 Å². The SMILES string of the molecule is C=Cc1ccc(O)c(-c2ncc[nH]2)c1.C=Cc1ccc(OP(=O)(OC)C(CCCCN2C(=O)c3ccccc3C2=O)NC(=O)OCc2ccccc2)c(-c2ncc[nH]2)c1.CN(C)N(C)C.CN(C)P(=O)(N(C)C)N(C)C.COP(=O)(O[PH2+]N(C)C)C(CCCCN1C(=O)c2ccccc2C1=O)NC(=O)OCc1ccccc1.On1nnc2ccccc21. The number of ether oxygens (including phenoxy) is 2. The number of imide groups is 2. The fourth-order valence-electron chi connectivity index (χ4n) is 11.9. The minimum absolute atomic E-state index is 0.00291. The van der Waals surface area contributed by atoms with Crippen molar-refractivity contribution in [2.75, 3.05) is 112 Å². The predicted molar refractivity (Wildman–Crippen MR) is 473 cm³/mol. The maximum atomic E-state index is 14.4. The molecular formula is C84H110N17O17P4+. The Hall–Kier alpha value is -11.2. The smallest absolute Gasteiger partial charge is 0.408 e. The van der Waals surface area contributed by atoms with Crippen LogP contribution in [0.1, 0.15) is 102 Å². The molecule has 2 aliphatic heterocycles. The Morgan fingerprint density at radius 1 is 0.525 bits per heavy atom. The molecule has 5 unspecified atom stereocenters. The first-order valence-electron chi connectivity index (χ1n) is 38.5. The Morgan fingerprint density at radius 2 is 0.926 bits per heavy atom. The van der Waals surface area contributed by atoms with Crippen LogP contribution in [0.2, 0.25) is 0 Å². The van der Waals surface area contributed by atoms with Gasteiger partial charge in [0.15, 0.2) is 0 Å². The monoisotopic (exact) mass is 1750 g/mol. The van der Waals surface area contributed by atoms with Gasteiger partial charge < -0.3 is 54.0 Å². The number of benzene rings is 7. The number of amides is 6. The van der Waals surface area contributed by atoms with E-state index in [-0.39, 0.29) is 74.3 Å². The van der Waals surface area contributed by atoms with Gasteiger partial charge in [0, 0.05) is 94.4 Å².